The van der Waals surface area contributed by atoms with Gasteiger partial charge in [0.25, 0.3) is 5.91 Å². The Morgan fingerprint density at radius 3 is 2.39 bits per heavy atom. The van der Waals surface area contributed by atoms with Gasteiger partial charge in [-0.1, -0.05) is 29.3 Å². The van der Waals surface area contributed by atoms with Crippen LogP contribution < -0.4 is 10.1 Å². The summed E-state index contributed by atoms with van der Waals surface area (Å²) in [5.74, 6) is -3.42. The number of hydrogen-bond acceptors (Lipinski definition) is 5. The minimum Gasteiger partial charge on any atom is -0.475 e. The van der Waals surface area contributed by atoms with E-state index >= 15 is 0 Å². The number of benzene rings is 2. The highest BCUT2D eigenvalue weighted by Crippen LogP contribution is 2.34. The van der Waals surface area contributed by atoms with E-state index in [-0.39, 0.29) is 39.5 Å². The minimum atomic E-state index is -5.08. The Hall–Kier alpha value is -3.82. The molecule has 190 valence electrons. The van der Waals surface area contributed by atoms with Crippen molar-refractivity contribution in [3.05, 3.63) is 74.5 Å². The van der Waals surface area contributed by atoms with Crippen molar-refractivity contribution in [3.63, 3.8) is 0 Å². The zero-order chi connectivity index (χ0) is 27.2. The highest BCUT2D eigenvalue weighted by molar-refractivity contribution is 6.32. The fourth-order valence-corrected chi connectivity index (χ4v) is 3.11. The first-order valence-electron chi connectivity index (χ1n) is 9.69. The summed E-state index contributed by atoms with van der Waals surface area (Å²) in [6, 6.07) is 9.76. The molecule has 3 N–H and O–H groups in total. The number of carbonyl (C=O) groups is 2. The molecule has 0 atom stereocenters. The molecule has 0 saturated carbocycles. The number of nitrogens with zero attached hydrogens (tertiary/aromatic N) is 2. The fourth-order valence-electron chi connectivity index (χ4n) is 2.67. The number of carboxylic acids is 1. The van der Waals surface area contributed by atoms with Crippen LogP contribution in [0, 0.1) is 31.0 Å². The van der Waals surface area contributed by atoms with Gasteiger partial charge in [-0.15, -0.1) is 0 Å². The maximum Gasteiger partial charge on any atom is 0.490 e. The first-order chi connectivity index (χ1) is 16.7. The number of nitriles is 1. The molecule has 8 nitrogen and oxygen atoms in total. The lowest BCUT2D eigenvalue weighted by molar-refractivity contribution is -0.192. The van der Waals surface area contributed by atoms with Gasteiger partial charge in [-0.2, -0.15) is 18.4 Å². The van der Waals surface area contributed by atoms with Crippen molar-refractivity contribution in [3.8, 4) is 17.6 Å². The van der Waals surface area contributed by atoms with E-state index in [1.165, 1.54) is 18.2 Å². The van der Waals surface area contributed by atoms with Crippen LogP contribution >= 0.6 is 23.2 Å². The van der Waals surface area contributed by atoms with E-state index in [0.29, 0.717) is 11.4 Å². The minimum absolute atomic E-state index is 0.0355. The van der Waals surface area contributed by atoms with Gasteiger partial charge in [0.15, 0.2) is 16.7 Å². The molecule has 0 aliphatic heterocycles. The van der Waals surface area contributed by atoms with Crippen LogP contribution in [0.1, 0.15) is 33.0 Å². The molecular weight excluding hydrogens is 531 g/mol. The molecule has 1 heterocycles. The second-order valence-corrected chi connectivity index (χ2v) is 7.84. The number of H-pyrrole nitrogens is 1. The number of hydrogen-bond donors (Lipinski definition) is 3. The SMILES string of the molecule is Cc1cc(C#N)cc(Oc2c(Cl)ccc(CNC(=O)c3[nH]c(C)nc3Cl)c2F)c1.O=C(O)C(F)(F)F. The largest absolute Gasteiger partial charge is 0.490 e. The summed E-state index contributed by atoms with van der Waals surface area (Å²) < 4.78 is 52.3. The fraction of sp³-hybridized carbons (Fsp3) is 0.182. The van der Waals surface area contributed by atoms with Crippen LogP contribution in [0.15, 0.2) is 30.3 Å². The topological polar surface area (TPSA) is 128 Å². The van der Waals surface area contributed by atoms with E-state index in [1.54, 1.807) is 26.0 Å². The molecule has 1 amide bonds. The Morgan fingerprint density at radius 1 is 1.22 bits per heavy atom. The number of carbonyl (C=O) groups excluding carboxylic acids is 1. The van der Waals surface area contributed by atoms with Crippen molar-refractivity contribution >= 4 is 35.1 Å². The summed E-state index contributed by atoms with van der Waals surface area (Å²) in [5, 5.41) is 18.9. The van der Waals surface area contributed by atoms with Gasteiger partial charge in [0.05, 0.1) is 16.7 Å². The van der Waals surface area contributed by atoms with Crippen molar-refractivity contribution < 1.29 is 37.0 Å². The zero-order valence-electron chi connectivity index (χ0n) is 18.4. The number of ether oxygens (including phenoxy) is 1. The number of halogens is 6. The third-order valence-electron chi connectivity index (χ3n) is 4.22. The molecule has 0 spiro atoms. The molecule has 36 heavy (non-hydrogen) atoms. The molecule has 14 heteroatoms. The van der Waals surface area contributed by atoms with Crippen molar-refractivity contribution in [2.45, 2.75) is 26.6 Å². The number of aliphatic carboxylic acids is 1. The third kappa shape index (κ3) is 7.59. The Kier molecular flexibility index (Phi) is 9.27. The normalized spacial score (nSPS) is 10.6. The highest BCUT2D eigenvalue weighted by atomic mass is 35.5. The summed E-state index contributed by atoms with van der Waals surface area (Å²) in [5.41, 5.74) is 1.43. The predicted molar refractivity (Wildman–Crippen MR) is 121 cm³/mol. The number of rotatable bonds is 5. The van der Waals surface area contributed by atoms with Crippen LogP contribution in [0.4, 0.5) is 17.6 Å². The summed E-state index contributed by atoms with van der Waals surface area (Å²) >= 11 is 12.0. The van der Waals surface area contributed by atoms with Crippen LogP contribution in [0.25, 0.3) is 0 Å². The van der Waals surface area contributed by atoms with Gasteiger partial charge in [-0.05, 0) is 43.7 Å². The van der Waals surface area contributed by atoms with E-state index < -0.39 is 23.9 Å². The number of aromatic nitrogens is 2. The number of aromatic amines is 1. The number of aryl methyl sites for hydroxylation is 2. The van der Waals surface area contributed by atoms with Crippen LogP contribution in [-0.4, -0.2) is 33.1 Å². The Morgan fingerprint density at radius 2 is 1.86 bits per heavy atom. The van der Waals surface area contributed by atoms with Crippen molar-refractivity contribution in [1.29, 1.82) is 5.26 Å². The van der Waals surface area contributed by atoms with E-state index in [2.05, 4.69) is 15.3 Å². The maximum absolute atomic E-state index is 15.0. The number of imidazole rings is 1. The molecule has 3 aromatic rings. The van der Waals surface area contributed by atoms with Crippen molar-refractivity contribution in [2.75, 3.05) is 0 Å². The van der Waals surface area contributed by atoms with E-state index in [0.717, 1.165) is 5.56 Å². The molecule has 0 radical (unpaired) electrons. The first kappa shape index (κ1) is 28.4. The summed E-state index contributed by atoms with van der Waals surface area (Å²) in [6.45, 7) is 3.33. The molecule has 0 aliphatic rings. The van der Waals surface area contributed by atoms with Crippen molar-refractivity contribution in [2.24, 2.45) is 0 Å². The average molecular weight is 547 g/mol. The summed E-state index contributed by atoms with van der Waals surface area (Å²) in [7, 11) is 0. The van der Waals surface area contributed by atoms with Gasteiger partial charge in [-0.3, -0.25) is 4.79 Å². The van der Waals surface area contributed by atoms with Crippen LogP contribution in [0.5, 0.6) is 11.5 Å². The quantitative estimate of drug-likeness (QED) is 0.352. The van der Waals surface area contributed by atoms with Crippen LogP contribution in [-0.2, 0) is 11.3 Å². The Bertz CT molecular complexity index is 1340. The third-order valence-corrected chi connectivity index (χ3v) is 4.79. The maximum atomic E-state index is 15.0. The Balaban J connectivity index is 0.000000572. The lowest BCUT2D eigenvalue weighted by Gasteiger charge is -2.13. The van der Waals surface area contributed by atoms with Crippen LogP contribution in [0.3, 0.4) is 0 Å². The number of nitrogens with one attached hydrogen (secondary N) is 2. The van der Waals surface area contributed by atoms with Gasteiger partial charge < -0.3 is 20.1 Å². The van der Waals surface area contributed by atoms with Gasteiger partial charge in [0.1, 0.15) is 17.3 Å². The zero-order valence-corrected chi connectivity index (χ0v) is 19.9. The van der Waals surface area contributed by atoms with Gasteiger partial charge >= 0.3 is 12.1 Å². The standard InChI is InChI=1S/C20H15Cl2FN4O2.C2HF3O2/c1-10-5-12(8-24)7-14(6-10)29-18-15(21)4-3-13(16(18)23)9-25-20(28)17-19(22)27-11(2)26-17;3-2(4,5)1(6)7/h3-7H,9H2,1-2H3,(H,25,28)(H,26,27);(H,6,7). The number of amides is 1. The molecule has 1 aromatic heterocycles. The highest BCUT2D eigenvalue weighted by Gasteiger charge is 2.38. The average Bonchev–Trinajstić information content (AvgIpc) is 3.13. The molecule has 0 bridgehead atoms. The predicted octanol–water partition coefficient (Wildman–Crippen LogP) is 5.70. The lowest BCUT2D eigenvalue weighted by Crippen LogP contribution is -2.24. The molecular formula is C22H16Cl2F4N4O4. The number of alkyl halides is 3. The van der Waals surface area contributed by atoms with Gasteiger partial charge in [0.2, 0.25) is 0 Å². The molecule has 2 aromatic carbocycles. The van der Waals surface area contributed by atoms with Crippen molar-refractivity contribution in [1.82, 2.24) is 15.3 Å². The second-order valence-electron chi connectivity index (χ2n) is 7.07. The van der Waals surface area contributed by atoms with Crippen LogP contribution in [0.2, 0.25) is 10.2 Å². The van der Waals surface area contributed by atoms with E-state index in [1.807, 2.05) is 6.07 Å². The summed E-state index contributed by atoms with van der Waals surface area (Å²) in [4.78, 5) is 27.8. The first-order valence-corrected chi connectivity index (χ1v) is 10.5. The molecule has 0 unspecified atom stereocenters. The molecule has 0 saturated heterocycles. The van der Waals surface area contributed by atoms with E-state index in [4.69, 9.17) is 43.1 Å². The van der Waals surface area contributed by atoms with Gasteiger partial charge in [0, 0.05) is 12.1 Å². The lowest BCUT2D eigenvalue weighted by atomic mass is 10.1. The van der Waals surface area contributed by atoms with E-state index in [9.17, 15) is 22.4 Å². The number of carboxylic acid groups (broad SMARTS) is 1. The summed E-state index contributed by atoms with van der Waals surface area (Å²) in [6.07, 6.45) is -5.08. The Labute approximate surface area is 211 Å². The molecule has 0 aliphatic carbocycles. The second kappa shape index (κ2) is 11.7. The molecule has 3 rings (SSSR count). The van der Waals surface area contributed by atoms with Gasteiger partial charge in [-0.25, -0.2) is 14.2 Å². The smallest absolute Gasteiger partial charge is 0.475 e. The monoisotopic (exact) mass is 546 g/mol. The molecule has 0 fully saturated rings.